The first-order chi connectivity index (χ1) is 14.1. The second-order valence-electron chi connectivity index (χ2n) is 7.11. The van der Waals surface area contributed by atoms with Crippen molar-refractivity contribution in [2.75, 3.05) is 6.54 Å². The van der Waals surface area contributed by atoms with Crippen molar-refractivity contribution in [1.82, 2.24) is 10.2 Å². The van der Waals surface area contributed by atoms with Crippen LogP contribution in [0, 0.1) is 11.7 Å². The highest BCUT2D eigenvalue weighted by Gasteiger charge is 2.26. The number of nitrogens with zero attached hydrogens (tertiary/aromatic N) is 1. The standard InChI is InChI=1S/C23H21ClFN3O/c1-14(12-26)22(19-13-27-28-23(19)21-3-2-10-29-21)16-6-9-18(20(24)11-16)15-4-7-17(25)8-5-15/h2-11,13-14,22H,12,26H2,1H3,(H,27,28). The molecule has 3 N–H and O–H groups in total. The van der Waals surface area contributed by atoms with E-state index >= 15 is 0 Å². The Hall–Kier alpha value is -2.89. The molecule has 0 aliphatic heterocycles. The molecule has 4 nitrogen and oxygen atoms in total. The minimum atomic E-state index is -0.274. The summed E-state index contributed by atoms with van der Waals surface area (Å²) >= 11 is 6.63. The molecule has 0 amide bonds. The van der Waals surface area contributed by atoms with Crippen molar-refractivity contribution in [3.63, 3.8) is 0 Å². The third kappa shape index (κ3) is 3.84. The number of aromatic amines is 1. The lowest BCUT2D eigenvalue weighted by Crippen LogP contribution is -2.20. The maximum Gasteiger partial charge on any atom is 0.151 e. The summed E-state index contributed by atoms with van der Waals surface area (Å²) in [6, 6.07) is 16.0. The number of H-pyrrole nitrogens is 1. The summed E-state index contributed by atoms with van der Waals surface area (Å²) in [6.07, 6.45) is 3.45. The highest BCUT2D eigenvalue weighted by atomic mass is 35.5. The maximum absolute atomic E-state index is 13.3. The predicted molar refractivity (Wildman–Crippen MR) is 113 cm³/mol. The number of benzene rings is 2. The van der Waals surface area contributed by atoms with Crippen LogP contribution in [0.5, 0.6) is 0 Å². The lowest BCUT2D eigenvalue weighted by Gasteiger charge is -2.24. The first-order valence-corrected chi connectivity index (χ1v) is 9.79. The summed E-state index contributed by atoms with van der Waals surface area (Å²) in [5, 5.41) is 7.89. The van der Waals surface area contributed by atoms with Gasteiger partial charge in [-0.3, -0.25) is 5.10 Å². The zero-order valence-corrected chi connectivity index (χ0v) is 16.7. The van der Waals surface area contributed by atoms with Crippen molar-refractivity contribution in [2.45, 2.75) is 12.8 Å². The van der Waals surface area contributed by atoms with Crippen LogP contribution in [0.25, 0.3) is 22.6 Å². The van der Waals surface area contributed by atoms with Gasteiger partial charge < -0.3 is 10.2 Å². The number of nitrogens with two attached hydrogens (primary N) is 1. The zero-order valence-electron chi connectivity index (χ0n) is 15.9. The van der Waals surface area contributed by atoms with Crippen LogP contribution in [0.2, 0.25) is 5.02 Å². The Morgan fingerprint density at radius 3 is 2.62 bits per heavy atom. The fourth-order valence-corrected chi connectivity index (χ4v) is 3.99. The summed E-state index contributed by atoms with van der Waals surface area (Å²) in [5.74, 6) is 0.581. The van der Waals surface area contributed by atoms with E-state index in [1.165, 1.54) is 12.1 Å². The molecule has 2 aromatic carbocycles. The molecular formula is C23H21ClFN3O. The molecule has 2 unspecified atom stereocenters. The number of furan rings is 1. The quantitative estimate of drug-likeness (QED) is 0.419. The molecule has 6 heteroatoms. The van der Waals surface area contributed by atoms with Crippen LogP contribution >= 0.6 is 11.6 Å². The summed E-state index contributed by atoms with van der Waals surface area (Å²) in [5.41, 5.74) is 10.6. The van der Waals surface area contributed by atoms with Gasteiger partial charge >= 0.3 is 0 Å². The molecule has 0 aliphatic carbocycles. The van der Waals surface area contributed by atoms with E-state index in [9.17, 15) is 4.39 Å². The Labute approximate surface area is 173 Å². The first kappa shape index (κ1) is 19.4. The molecule has 2 heterocycles. The van der Waals surface area contributed by atoms with Crippen LogP contribution in [0.3, 0.4) is 0 Å². The van der Waals surface area contributed by atoms with Gasteiger partial charge in [0.05, 0.1) is 12.5 Å². The molecule has 0 aliphatic rings. The first-order valence-electron chi connectivity index (χ1n) is 9.41. The number of hydrogen-bond acceptors (Lipinski definition) is 3. The van der Waals surface area contributed by atoms with Gasteiger partial charge in [-0.2, -0.15) is 5.10 Å². The smallest absolute Gasteiger partial charge is 0.151 e. The SMILES string of the molecule is CC(CN)C(c1ccc(-c2ccc(F)cc2)c(Cl)c1)c1cn[nH]c1-c1ccco1. The normalized spacial score (nSPS) is 13.4. The Morgan fingerprint density at radius 2 is 1.97 bits per heavy atom. The van der Waals surface area contributed by atoms with Crippen LogP contribution in [-0.4, -0.2) is 16.7 Å². The van der Waals surface area contributed by atoms with Crippen LogP contribution in [0.4, 0.5) is 4.39 Å². The van der Waals surface area contributed by atoms with Gasteiger partial charge in [0.1, 0.15) is 11.5 Å². The van der Waals surface area contributed by atoms with Crippen LogP contribution in [-0.2, 0) is 0 Å². The Bertz CT molecular complexity index is 1090. The van der Waals surface area contributed by atoms with Gasteiger partial charge in [0.25, 0.3) is 0 Å². The Morgan fingerprint density at radius 1 is 1.17 bits per heavy atom. The summed E-state index contributed by atoms with van der Waals surface area (Å²) < 4.78 is 18.8. The molecule has 0 saturated heterocycles. The Kier molecular flexibility index (Phi) is 5.51. The van der Waals surface area contributed by atoms with E-state index in [1.807, 2.05) is 36.5 Å². The van der Waals surface area contributed by atoms with Gasteiger partial charge in [0, 0.05) is 22.1 Å². The second kappa shape index (κ2) is 8.23. The van der Waals surface area contributed by atoms with Crippen molar-refractivity contribution in [1.29, 1.82) is 0 Å². The summed E-state index contributed by atoms with van der Waals surface area (Å²) in [4.78, 5) is 0. The molecule has 4 rings (SSSR count). The maximum atomic E-state index is 13.3. The lowest BCUT2D eigenvalue weighted by atomic mass is 9.81. The molecule has 0 radical (unpaired) electrons. The molecule has 0 saturated carbocycles. The van der Waals surface area contributed by atoms with Gasteiger partial charge in [-0.25, -0.2) is 4.39 Å². The van der Waals surface area contributed by atoms with E-state index in [0.29, 0.717) is 11.6 Å². The number of hydrogen-bond donors (Lipinski definition) is 2. The molecule has 2 aromatic heterocycles. The van der Waals surface area contributed by atoms with Crippen LogP contribution in [0.15, 0.2) is 71.5 Å². The van der Waals surface area contributed by atoms with Crippen molar-refractivity contribution in [2.24, 2.45) is 11.7 Å². The van der Waals surface area contributed by atoms with Gasteiger partial charge in [0.2, 0.25) is 0 Å². The molecule has 2 atom stereocenters. The second-order valence-corrected chi connectivity index (χ2v) is 7.52. The van der Waals surface area contributed by atoms with Crippen LogP contribution in [0.1, 0.15) is 24.0 Å². The highest BCUT2D eigenvalue weighted by molar-refractivity contribution is 6.33. The number of aromatic nitrogens is 2. The summed E-state index contributed by atoms with van der Waals surface area (Å²) in [7, 11) is 0. The molecular weight excluding hydrogens is 389 g/mol. The Balaban J connectivity index is 1.77. The number of halogens is 2. The van der Waals surface area contributed by atoms with E-state index < -0.39 is 0 Å². The minimum Gasteiger partial charge on any atom is -0.463 e. The third-order valence-corrected chi connectivity index (χ3v) is 5.53. The average Bonchev–Trinajstić information content (AvgIpc) is 3.41. The summed E-state index contributed by atoms with van der Waals surface area (Å²) in [6.45, 7) is 2.61. The average molecular weight is 410 g/mol. The fraction of sp³-hybridized carbons (Fsp3) is 0.174. The molecule has 0 fully saturated rings. The van der Waals surface area contributed by atoms with Crippen molar-refractivity contribution in [3.8, 4) is 22.6 Å². The zero-order chi connectivity index (χ0) is 20.4. The van der Waals surface area contributed by atoms with E-state index in [4.69, 9.17) is 21.8 Å². The molecule has 4 aromatic rings. The lowest BCUT2D eigenvalue weighted by molar-refractivity contribution is 0.522. The van der Waals surface area contributed by atoms with Gasteiger partial charge in [-0.05, 0) is 53.9 Å². The molecule has 148 valence electrons. The molecule has 0 bridgehead atoms. The van der Waals surface area contributed by atoms with Gasteiger partial charge in [0.15, 0.2) is 5.76 Å². The van der Waals surface area contributed by atoms with E-state index in [2.05, 4.69) is 17.1 Å². The van der Waals surface area contributed by atoms with Gasteiger partial charge in [-0.1, -0.05) is 42.8 Å². The predicted octanol–water partition coefficient (Wildman–Crippen LogP) is 5.86. The monoisotopic (exact) mass is 409 g/mol. The molecule has 0 spiro atoms. The van der Waals surface area contributed by atoms with Crippen LogP contribution < -0.4 is 5.73 Å². The van der Waals surface area contributed by atoms with E-state index in [1.54, 1.807) is 18.4 Å². The number of rotatable bonds is 6. The van der Waals surface area contributed by atoms with Crippen molar-refractivity contribution in [3.05, 3.63) is 89.0 Å². The highest BCUT2D eigenvalue weighted by Crippen LogP contribution is 2.39. The minimum absolute atomic E-state index is 0.0152. The fourth-order valence-electron chi connectivity index (χ4n) is 3.69. The third-order valence-electron chi connectivity index (χ3n) is 5.22. The van der Waals surface area contributed by atoms with Gasteiger partial charge in [-0.15, -0.1) is 0 Å². The van der Waals surface area contributed by atoms with Crippen molar-refractivity contribution < 1.29 is 8.81 Å². The topological polar surface area (TPSA) is 67.8 Å². The number of nitrogens with one attached hydrogen (secondary N) is 1. The van der Waals surface area contributed by atoms with Crippen molar-refractivity contribution >= 4 is 11.6 Å². The van der Waals surface area contributed by atoms with E-state index in [0.717, 1.165) is 33.7 Å². The largest absolute Gasteiger partial charge is 0.463 e. The van der Waals surface area contributed by atoms with E-state index in [-0.39, 0.29) is 17.7 Å². The molecule has 29 heavy (non-hydrogen) atoms.